The van der Waals surface area contributed by atoms with E-state index in [1.807, 2.05) is 19.9 Å². The standard InChI is InChI=1S/C7H11N3/c1-5-3-4-9-10-7(5)6(2)8/h3-4,6H,8H2,1-2H3. The fourth-order valence-electron chi connectivity index (χ4n) is 0.855. The normalized spacial score (nSPS) is 13.1. The zero-order chi connectivity index (χ0) is 7.56. The van der Waals surface area contributed by atoms with Crippen molar-refractivity contribution >= 4 is 0 Å². The molecule has 1 rings (SSSR count). The summed E-state index contributed by atoms with van der Waals surface area (Å²) >= 11 is 0. The largest absolute Gasteiger partial charge is 0.323 e. The van der Waals surface area contributed by atoms with Crippen molar-refractivity contribution in [3.05, 3.63) is 23.5 Å². The lowest BCUT2D eigenvalue weighted by atomic mass is 10.1. The lowest BCUT2D eigenvalue weighted by molar-refractivity contribution is 0.742. The van der Waals surface area contributed by atoms with Crippen LogP contribution >= 0.6 is 0 Å². The third-order valence-electron chi connectivity index (χ3n) is 1.39. The van der Waals surface area contributed by atoms with Crippen molar-refractivity contribution < 1.29 is 0 Å². The molecule has 10 heavy (non-hydrogen) atoms. The van der Waals surface area contributed by atoms with Gasteiger partial charge in [-0.3, -0.25) is 0 Å². The molecule has 0 aliphatic carbocycles. The second-order valence-electron chi connectivity index (χ2n) is 2.39. The molecule has 0 bridgehead atoms. The van der Waals surface area contributed by atoms with Gasteiger partial charge in [0, 0.05) is 12.2 Å². The van der Waals surface area contributed by atoms with Crippen molar-refractivity contribution in [3.8, 4) is 0 Å². The quantitative estimate of drug-likeness (QED) is 0.623. The molecule has 0 aromatic carbocycles. The van der Waals surface area contributed by atoms with Gasteiger partial charge in [0.25, 0.3) is 0 Å². The van der Waals surface area contributed by atoms with Gasteiger partial charge in [-0.1, -0.05) is 0 Å². The second kappa shape index (κ2) is 2.75. The minimum Gasteiger partial charge on any atom is -0.323 e. The molecule has 0 amide bonds. The summed E-state index contributed by atoms with van der Waals surface area (Å²) in [6.45, 7) is 3.88. The Hall–Kier alpha value is -0.960. The number of aromatic nitrogens is 2. The highest BCUT2D eigenvalue weighted by Crippen LogP contribution is 2.08. The van der Waals surface area contributed by atoms with E-state index in [9.17, 15) is 0 Å². The molecule has 0 saturated carbocycles. The molecule has 0 aliphatic heterocycles. The first kappa shape index (κ1) is 7.15. The molecule has 0 radical (unpaired) electrons. The Morgan fingerprint density at radius 1 is 1.60 bits per heavy atom. The molecule has 3 nitrogen and oxygen atoms in total. The highest BCUT2D eigenvalue weighted by atomic mass is 15.1. The first-order valence-corrected chi connectivity index (χ1v) is 3.25. The number of aryl methyl sites for hydroxylation is 1. The monoisotopic (exact) mass is 137 g/mol. The van der Waals surface area contributed by atoms with Gasteiger partial charge in [0.2, 0.25) is 0 Å². The Bertz CT molecular complexity index is 220. The summed E-state index contributed by atoms with van der Waals surface area (Å²) < 4.78 is 0. The Morgan fingerprint density at radius 2 is 2.30 bits per heavy atom. The van der Waals surface area contributed by atoms with Crippen LogP contribution in [0.2, 0.25) is 0 Å². The molecule has 2 N–H and O–H groups in total. The molecule has 54 valence electrons. The summed E-state index contributed by atoms with van der Waals surface area (Å²) in [5, 5.41) is 7.64. The van der Waals surface area contributed by atoms with Crippen LogP contribution in [0.4, 0.5) is 0 Å². The molecule has 1 heterocycles. The van der Waals surface area contributed by atoms with Gasteiger partial charge >= 0.3 is 0 Å². The molecule has 1 aromatic rings. The van der Waals surface area contributed by atoms with Crippen molar-refractivity contribution in [1.82, 2.24) is 10.2 Å². The lowest BCUT2D eigenvalue weighted by Crippen LogP contribution is -2.09. The average molecular weight is 137 g/mol. The van der Waals surface area contributed by atoms with E-state index < -0.39 is 0 Å². The molecular formula is C7H11N3. The number of hydrogen-bond donors (Lipinski definition) is 1. The van der Waals surface area contributed by atoms with E-state index >= 15 is 0 Å². The van der Waals surface area contributed by atoms with Gasteiger partial charge in [-0.05, 0) is 25.5 Å². The van der Waals surface area contributed by atoms with Crippen LogP contribution in [0.1, 0.15) is 24.2 Å². The van der Waals surface area contributed by atoms with E-state index in [4.69, 9.17) is 5.73 Å². The van der Waals surface area contributed by atoms with Crippen molar-refractivity contribution in [2.24, 2.45) is 5.73 Å². The minimum atomic E-state index is -0.0197. The van der Waals surface area contributed by atoms with Crippen LogP contribution in [0.25, 0.3) is 0 Å². The van der Waals surface area contributed by atoms with Crippen molar-refractivity contribution in [3.63, 3.8) is 0 Å². The van der Waals surface area contributed by atoms with E-state index in [1.54, 1.807) is 6.20 Å². The molecular weight excluding hydrogens is 126 g/mol. The highest BCUT2D eigenvalue weighted by Gasteiger charge is 2.03. The Balaban J connectivity index is 3.03. The number of rotatable bonds is 1. The van der Waals surface area contributed by atoms with Crippen LogP contribution in [-0.2, 0) is 0 Å². The summed E-state index contributed by atoms with van der Waals surface area (Å²) in [7, 11) is 0. The topological polar surface area (TPSA) is 51.8 Å². The first-order valence-electron chi connectivity index (χ1n) is 3.25. The maximum atomic E-state index is 5.61. The Kier molecular flexibility index (Phi) is 1.97. The summed E-state index contributed by atoms with van der Waals surface area (Å²) in [4.78, 5) is 0. The third kappa shape index (κ3) is 1.30. The Labute approximate surface area is 60.3 Å². The van der Waals surface area contributed by atoms with Gasteiger partial charge in [-0.15, -0.1) is 0 Å². The summed E-state index contributed by atoms with van der Waals surface area (Å²) in [5.74, 6) is 0. The van der Waals surface area contributed by atoms with Crippen LogP contribution in [0.3, 0.4) is 0 Å². The minimum absolute atomic E-state index is 0.0197. The molecule has 1 aromatic heterocycles. The van der Waals surface area contributed by atoms with Crippen LogP contribution in [-0.4, -0.2) is 10.2 Å². The smallest absolute Gasteiger partial charge is 0.0824 e. The van der Waals surface area contributed by atoms with Gasteiger partial charge < -0.3 is 5.73 Å². The fraction of sp³-hybridized carbons (Fsp3) is 0.429. The fourth-order valence-corrected chi connectivity index (χ4v) is 0.855. The van der Waals surface area contributed by atoms with E-state index in [2.05, 4.69) is 10.2 Å². The summed E-state index contributed by atoms with van der Waals surface area (Å²) in [6, 6.07) is 1.89. The van der Waals surface area contributed by atoms with E-state index in [1.165, 1.54) is 0 Å². The maximum Gasteiger partial charge on any atom is 0.0824 e. The summed E-state index contributed by atoms with van der Waals surface area (Å²) in [5.41, 5.74) is 7.59. The predicted octanol–water partition coefficient (Wildman–Crippen LogP) is 0.805. The number of hydrogen-bond acceptors (Lipinski definition) is 3. The van der Waals surface area contributed by atoms with Gasteiger partial charge in [0.15, 0.2) is 0 Å². The van der Waals surface area contributed by atoms with Crippen molar-refractivity contribution in [2.75, 3.05) is 0 Å². The SMILES string of the molecule is Cc1ccnnc1C(C)N. The van der Waals surface area contributed by atoms with Gasteiger partial charge in [-0.2, -0.15) is 10.2 Å². The van der Waals surface area contributed by atoms with Crippen LogP contribution in [0, 0.1) is 6.92 Å². The zero-order valence-electron chi connectivity index (χ0n) is 6.20. The third-order valence-corrected chi connectivity index (χ3v) is 1.39. The van der Waals surface area contributed by atoms with E-state index in [0.29, 0.717) is 0 Å². The van der Waals surface area contributed by atoms with Gasteiger partial charge in [0.1, 0.15) is 0 Å². The van der Waals surface area contributed by atoms with Crippen molar-refractivity contribution in [1.29, 1.82) is 0 Å². The molecule has 1 atom stereocenters. The molecule has 0 fully saturated rings. The lowest BCUT2D eigenvalue weighted by Gasteiger charge is -2.04. The first-order chi connectivity index (χ1) is 4.72. The predicted molar refractivity (Wildman–Crippen MR) is 39.4 cm³/mol. The van der Waals surface area contributed by atoms with Crippen LogP contribution in [0.15, 0.2) is 12.3 Å². The average Bonchev–Trinajstić information content (AvgIpc) is 1.88. The number of nitrogens with two attached hydrogens (primary N) is 1. The van der Waals surface area contributed by atoms with E-state index in [-0.39, 0.29) is 6.04 Å². The zero-order valence-corrected chi connectivity index (χ0v) is 6.20. The van der Waals surface area contributed by atoms with Gasteiger partial charge in [-0.25, -0.2) is 0 Å². The second-order valence-corrected chi connectivity index (χ2v) is 2.39. The molecule has 1 unspecified atom stereocenters. The maximum absolute atomic E-state index is 5.61. The van der Waals surface area contributed by atoms with Crippen LogP contribution in [0.5, 0.6) is 0 Å². The summed E-state index contributed by atoms with van der Waals surface area (Å²) in [6.07, 6.45) is 1.67. The van der Waals surface area contributed by atoms with Gasteiger partial charge in [0.05, 0.1) is 5.69 Å². The van der Waals surface area contributed by atoms with Crippen molar-refractivity contribution in [2.45, 2.75) is 19.9 Å². The Morgan fingerprint density at radius 3 is 2.70 bits per heavy atom. The number of nitrogens with zero attached hydrogens (tertiary/aromatic N) is 2. The highest BCUT2D eigenvalue weighted by molar-refractivity contribution is 5.17. The molecule has 0 saturated heterocycles. The van der Waals surface area contributed by atoms with Crippen LogP contribution < -0.4 is 5.73 Å². The van der Waals surface area contributed by atoms with E-state index in [0.717, 1.165) is 11.3 Å². The molecule has 0 spiro atoms. The molecule has 3 heteroatoms. The molecule has 0 aliphatic rings.